The number of halogens is 18. The second-order valence-corrected chi connectivity index (χ2v) is 7.51. The van der Waals surface area contributed by atoms with E-state index in [1.165, 1.54) is 0 Å². The quantitative estimate of drug-likeness (QED) is 0.226. The average Bonchev–Trinajstić information content (AvgIpc) is 2.56. The average molecular weight is 582 g/mol. The van der Waals surface area contributed by atoms with Crippen molar-refractivity contribution in [1.29, 1.82) is 0 Å². The fraction of sp³-hybridized carbons (Fsp3) is 1.00. The van der Waals surface area contributed by atoms with Crippen molar-refractivity contribution in [3.63, 3.8) is 0 Å². The second-order valence-electron chi connectivity index (χ2n) is 6.09. The van der Waals surface area contributed by atoms with Crippen LogP contribution in [0.25, 0.3) is 0 Å². The minimum absolute atomic E-state index is 0. The van der Waals surface area contributed by atoms with E-state index < -0.39 is 76.1 Å². The summed E-state index contributed by atoms with van der Waals surface area (Å²) < 4.78 is 263. The number of rotatable bonds is 10. The van der Waals surface area contributed by atoms with Crippen LogP contribution in [0.4, 0.5) is 79.0 Å². The van der Waals surface area contributed by atoms with Gasteiger partial charge in [-0.05, 0) is 6.42 Å². The van der Waals surface area contributed by atoms with E-state index in [0.717, 1.165) is 0 Å². The van der Waals surface area contributed by atoms with E-state index in [4.69, 9.17) is 0 Å². The Bertz CT molecular complexity index is 819. The minimum Gasteiger partial charge on any atom is -0.743 e. The van der Waals surface area contributed by atoms with E-state index in [1.807, 2.05) is 0 Å². The van der Waals surface area contributed by atoms with Crippen LogP contribution in [0, 0.1) is 0 Å². The van der Waals surface area contributed by atoms with Crippen LogP contribution in [0.5, 0.6) is 0 Å². The molecule has 0 aromatic heterocycles. The van der Waals surface area contributed by atoms with Crippen molar-refractivity contribution in [3.8, 4) is 0 Å². The van der Waals surface area contributed by atoms with Gasteiger partial charge in [0, 0.05) is 6.42 Å². The van der Waals surface area contributed by atoms with Crippen molar-refractivity contribution in [1.82, 2.24) is 0 Å². The third kappa shape index (κ3) is 5.34. The zero-order chi connectivity index (χ0) is 27.5. The monoisotopic (exact) mass is 582 g/mol. The topological polar surface area (TPSA) is 57.2 Å². The zero-order valence-electron chi connectivity index (χ0n) is 15.4. The Balaban J connectivity index is 0. The van der Waals surface area contributed by atoms with Crippen molar-refractivity contribution >= 4 is 10.1 Å². The Kier molecular flexibility index (Phi) is 10.0. The maximum Gasteiger partial charge on any atom is 1.00 e. The summed E-state index contributed by atoms with van der Waals surface area (Å²) in [5.74, 6) is -50.5. The van der Waals surface area contributed by atoms with Crippen LogP contribution < -0.4 is 29.6 Å². The molecule has 3 nitrogen and oxygen atoms in total. The molecule has 0 aromatic carbocycles. The van der Waals surface area contributed by atoms with E-state index >= 15 is 0 Å². The molecule has 0 spiro atoms. The van der Waals surface area contributed by atoms with Crippen LogP contribution >= 0.6 is 0 Å². The van der Waals surface area contributed by atoms with Gasteiger partial charge in [0.2, 0.25) is 0 Å². The summed E-state index contributed by atoms with van der Waals surface area (Å²) in [6.07, 6.45) is -16.5. The molecule has 0 radical (unpaired) electrons. The molecule has 0 saturated heterocycles. The molecule has 0 rings (SSSR count). The van der Waals surface area contributed by atoms with Crippen LogP contribution in [0.1, 0.15) is 12.8 Å². The normalized spacial score (nSPS) is 16.8. The molecule has 0 aliphatic rings. The van der Waals surface area contributed by atoms with Gasteiger partial charge in [-0.15, -0.1) is 0 Å². The largest absolute Gasteiger partial charge is 1.00 e. The summed E-state index contributed by atoms with van der Waals surface area (Å²) in [4.78, 5) is 0. The maximum absolute atomic E-state index is 13.4. The molecule has 0 aromatic rings. The van der Waals surface area contributed by atoms with Crippen LogP contribution in [0.2, 0.25) is 0 Å². The van der Waals surface area contributed by atoms with E-state index in [-0.39, 0.29) is 29.6 Å². The van der Waals surface area contributed by atoms with Gasteiger partial charge in [-0.25, -0.2) is 12.8 Å². The van der Waals surface area contributed by atoms with E-state index in [1.54, 1.807) is 0 Å². The SMILES string of the molecule is O=S(=O)([O-])C(F)(F)C(F)(F)C(F)(F)C(F)(F)C(F)(F)C(F)(F)C(F)(F)C(F)CCC(F)(F)F.[Na+]. The Hall–Kier alpha value is -0.350. The zero-order valence-corrected chi connectivity index (χ0v) is 18.2. The molecule has 23 heteroatoms. The first kappa shape index (κ1) is 35.8. The standard InChI is InChI=1S/C11H6F18O3S.Na/c12-3(1-2-4(13,14)15)5(16,17)6(18,19)7(20,21)8(22,23)9(24,25)10(26,27)11(28,29)33(30,31)32;/h3H,1-2H2,(H,30,31,32);/q;+1/p-1. The van der Waals surface area contributed by atoms with Crippen molar-refractivity contribution in [3.05, 3.63) is 0 Å². The van der Waals surface area contributed by atoms with Crippen LogP contribution in [0.3, 0.4) is 0 Å². The summed E-state index contributed by atoms with van der Waals surface area (Å²) in [6.45, 7) is 0. The van der Waals surface area contributed by atoms with Gasteiger partial charge in [-0.3, -0.25) is 0 Å². The summed E-state index contributed by atoms with van der Waals surface area (Å²) in [5, 5.41) is -7.93. The molecule has 34 heavy (non-hydrogen) atoms. The van der Waals surface area contributed by atoms with Gasteiger partial charge in [0.15, 0.2) is 16.3 Å². The smallest absolute Gasteiger partial charge is 0.743 e. The molecular formula is C11H5F18NaO3S. The van der Waals surface area contributed by atoms with Crippen molar-refractivity contribution < 1.29 is 122 Å². The molecule has 0 heterocycles. The van der Waals surface area contributed by atoms with Gasteiger partial charge in [0.1, 0.15) is 0 Å². The molecule has 0 amide bonds. The van der Waals surface area contributed by atoms with Crippen LogP contribution in [-0.2, 0) is 10.1 Å². The summed E-state index contributed by atoms with van der Waals surface area (Å²) in [5.41, 5.74) is 0. The van der Waals surface area contributed by atoms with Crippen molar-refractivity contribution in [2.24, 2.45) is 0 Å². The van der Waals surface area contributed by atoms with Gasteiger partial charge in [0.25, 0.3) is 0 Å². The minimum atomic E-state index is -8.81. The second kappa shape index (κ2) is 9.51. The summed E-state index contributed by atoms with van der Waals surface area (Å²) >= 11 is 0. The van der Waals surface area contributed by atoms with Gasteiger partial charge >= 0.3 is 76.5 Å². The molecule has 0 N–H and O–H groups in total. The summed E-state index contributed by atoms with van der Waals surface area (Å²) in [7, 11) is -8.14. The number of alkyl halides is 18. The fourth-order valence-corrected chi connectivity index (χ4v) is 2.25. The molecule has 1 atom stereocenters. The van der Waals surface area contributed by atoms with Gasteiger partial charge < -0.3 is 4.55 Å². The predicted molar refractivity (Wildman–Crippen MR) is 64.5 cm³/mol. The summed E-state index contributed by atoms with van der Waals surface area (Å²) in [6, 6.07) is 0. The van der Waals surface area contributed by atoms with Gasteiger partial charge in [-0.2, -0.15) is 74.6 Å². The third-order valence-electron chi connectivity index (χ3n) is 3.75. The van der Waals surface area contributed by atoms with Crippen molar-refractivity contribution in [2.45, 2.75) is 66.0 Å². The number of hydrogen-bond acceptors (Lipinski definition) is 3. The Morgan fingerprint density at radius 3 is 1.18 bits per heavy atom. The Labute approximate surface area is 197 Å². The van der Waals surface area contributed by atoms with E-state index in [0.29, 0.717) is 0 Å². The molecular weight excluding hydrogens is 577 g/mol. The van der Waals surface area contributed by atoms with Gasteiger partial charge in [-0.1, -0.05) is 0 Å². The van der Waals surface area contributed by atoms with Crippen molar-refractivity contribution in [2.75, 3.05) is 0 Å². The molecule has 0 saturated carbocycles. The van der Waals surface area contributed by atoms with Crippen LogP contribution in [-0.4, -0.2) is 66.1 Å². The Morgan fingerprint density at radius 1 is 0.588 bits per heavy atom. The first-order valence-electron chi connectivity index (χ1n) is 7.19. The van der Waals surface area contributed by atoms with E-state index in [2.05, 4.69) is 0 Å². The number of hydrogen-bond donors (Lipinski definition) is 0. The fourth-order valence-electron chi connectivity index (χ4n) is 1.81. The maximum atomic E-state index is 13.4. The van der Waals surface area contributed by atoms with Crippen LogP contribution in [0.15, 0.2) is 0 Å². The van der Waals surface area contributed by atoms with Gasteiger partial charge in [0.05, 0.1) is 0 Å². The van der Waals surface area contributed by atoms with E-state index in [9.17, 15) is 92.0 Å². The molecule has 0 aliphatic heterocycles. The molecule has 200 valence electrons. The third-order valence-corrected chi connectivity index (χ3v) is 4.63. The molecule has 0 aliphatic carbocycles. The first-order chi connectivity index (χ1) is 13.9. The Morgan fingerprint density at radius 2 is 0.882 bits per heavy atom. The predicted octanol–water partition coefficient (Wildman–Crippen LogP) is 2.62. The first-order valence-corrected chi connectivity index (χ1v) is 8.59. The molecule has 0 fully saturated rings. The molecule has 1 unspecified atom stereocenters. The molecule has 0 bridgehead atoms.